The van der Waals surface area contributed by atoms with Crippen molar-refractivity contribution in [2.24, 2.45) is 0 Å². The molecule has 2 aromatic heterocycles. The zero-order valence-corrected chi connectivity index (χ0v) is 18.3. The van der Waals surface area contributed by atoms with E-state index in [1.165, 1.54) is 10.4 Å². The van der Waals surface area contributed by atoms with Crippen LogP contribution >= 0.6 is 23.1 Å². The molecule has 1 aromatic carbocycles. The molecule has 7 heteroatoms. The molecule has 28 heavy (non-hydrogen) atoms. The first-order valence-corrected chi connectivity index (χ1v) is 11.4. The molecule has 0 spiro atoms. The summed E-state index contributed by atoms with van der Waals surface area (Å²) in [6, 6.07) is 8.12. The molecule has 1 aliphatic rings. The van der Waals surface area contributed by atoms with Crippen molar-refractivity contribution in [3.63, 3.8) is 0 Å². The van der Waals surface area contributed by atoms with Crippen LogP contribution in [-0.4, -0.2) is 39.9 Å². The van der Waals surface area contributed by atoms with Crippen LogP contribution in [0.15, 0.2) is 34.2 Å². The third-order valence-electron chi connectivity index (χ3n) is 5.21. The average Bonchev–Trinajstić information content (AvgIpc) is 3.06. The fourth-order valence-corrected chi connectivity index (χ4v) is 5.69. The first-order valence-electron chi connectivity index (χ1n) is 9.62. The third kappa shape index (κ3) is 3.36. The lowest BCUT2D eigenvalue weighted by Crippen LogP contribution is -2.35. The standard InChI is InChI=1S/C21H25N3O2S2/c1-5-27-21-22-19-18(16-10-11-23(13(2)3)12-17(16)28-19)20(25)24(21)14-6-8-15(26-4)9-7-14/h6-9,13H,5,10-12H2,1-4H3. The smallest absolute Gasteiger partial charge is 0.267 e. The van der Waals surface area contributed by atoms with E-state index in [9.17, 15) is 4.79 Å². The van der Waals surface area contributed by atoms with Gasteiger partial charge in [0.15, 0.2) is 5.16 Å². The van der Waals surface area contributed by atoms with E-state index in [1.807, 2.05) is 24.3 Å². The highest BCUT2D eigenvalue weighted by Gasteiger charge is 2.26. The van der Waals surface area contributed by atoms with E-state index in [0.29, 0.717) is 6.04 Å². The number of thiophene rings is 1. The quantitative estimate of drug-likeness (QED) is 0.458. The number of thioether (sulfide) groups is 1. The molecule has 0 bridgehead atoms. The molecule has 3 heterocycles. The van der Waals surface area contributed by atoms with Crippen molar-refractivity contribution in [2.75, 3.05) is 19.4 Å². The van der Waals surface area contributed by atoms with Gasteiger partial charge in [0, 0.05) is 24.0 Å². The second-order valence-electron chi connectivity index (χ2n) is 7.16. The van der Waals surface area contributed by atoms with Gasteiger partial charge in [0.05, 0.1) is 18.2 Å². The predicted molar refractivity (Wildman–Crippen MR) is 117 cm³/mol. The van der Waals surface area contributed by atoms with Gasteiger partial charge >= 0.3 is 0 Å². The summed E-state index contributed by atoms with van der Waals surface area (Å²) in [6.07, 6.45) is 0.910. The summed E-state index contributed by atoms with van der Waals surface area (Å²) in [4.78, 5) is 23.1. The fourth-order valence-electron chi connectivity index (χ4n) is 3.67. The molecule has 0 saturated carbocycles. The number of rotatable bonds is 5. The van der Waals surface area contributed by atoms with Crippen molar-refractivity contribution >= 4 is 33.3 Å². The molecule has 1 aliphatic heterocycles. The van der Waals surface area contributed by atoms with Gasteiger partial charge in [-0.2, -0.15) is 0 Å². The van der Waals surface area contributed by atoms with Crippen molar-refractivity contribution < 1.29 is 4.74 Å². The van der Waals surface area contributed by atoms with E-state index >= 15 is 0 Å². The van der Waals surface area contributed by atoms with Gasteiger partial charge in [-0.1, -0.05) is 18.7 Å². The van der Waals surface area contributed by atoms with Crippen molar-refractivity contribution in [3.8, 4) is 11.4 Å². The lowest BCUT2D eigenvalue weighted by atomic mass is 10.0. The SMILES string of the molecule is CCSc1nc2sc3c(c2c(=O)n1-c1ccc(OC)cc1)CCN(C(C)C)C3. The Kier molecular flexibility index (Phi) is 5.49. The van der Waals surface area contributed by atoms with Crippen LogP contribution in [-0.2, 0) is 13.0 Å². The Morgan fingerprint density at radius 1 is 1.29 bits per heavy atom. The topological polar surface area (TPSA) is 47.4 Å². The Balaban J connectivity index is 1.90. The van der Waals surface area contributed by atoms with E-state index in [2.05, 4.69) is 25.7 Å². The highest BCUT2D eigenvalue weighted by Crippen LogP contribution is 2.34. The molecular weight excluding hydrogens is 390 g/mol. The van der Waals surface area contributed by atoms with Crippen LogP contribution in [0.5, 0.6) is 5.75 Å². The van der Waals surface area contributed by atoms with Crippen molar-refractivity contribution in [1.29, 1.82) is 0 Å². The predicted octanol–water partition coefficient (Wildman–Crippen LogP) is 4.33. The second kappa shape index (κ2) is 7.89. The van der Waals surface area contributed by atoms with E-state index in [-0.39, 0.29) is 5.56 Å². The van der Waals surface area contributed by atoms with Gasteiger partial charge in [0.1, 0.15) is 10.6 Å². The second-order valence-corrected chi connectivity index (χ2v) is 9.48. The molecule has 0 radical (unpaired) electrons. The Hall–Kier alpha value is -1.83. The van der Waals surface area contributed by atoms with E-state index < -0.39 is 0 Å². The zero-order chi connectivity index (χ0) is 19.8. The summed E-state index contributed by atoms with van der Waals surface area (Å²) in [5.74, 6) is 1.64. The summed E-state index contributed by atoms with van der Waals surface area (Å²) in [5.41, 5.74) is 2.07. The molecule has 0 saturated heterocycles. The van der Waals surface area contributed by atoms with Crippen LogP contribution < -0.4 is 10.3 Å². The van der Waals surface area contributed by atoms with E-state index in [0.717, 1.165) is 52.1 Å². The highest BCUT2D eigenvalue weighted by atomic mass is 32.2. The summed E-state index contributed by atoms with van der Waals surface area (Å²) >= 11 is 3.29. The third-order valence-corrected chi connectivity index (χ3v) is 7.14. The molecule has 0 aliphatic carbocycles. The Bertz CT molecular complexity index is 1050. The lowest BCUT2D eigenvalue weighted by molar-refractivity contribution is 0.206. The molecule has 0 atom stereocenters. The van der Waals surface area contributed by atoms with Crippen molar-refractivity contribution in [3.05, 3.63) is 45.1 Å². The maximum absolute atomic E-state index is 13.6. The van der Waals surface area contributed by atoms with Gasteiger partial charge in [-0.3, -0.25) is 14.3 Å². The van der Waals surface area contributed by atoms with Crippen molar-refractivity contribution in [1.82, 2.24) is 14.5 Å². The molecular formula is C21H25N3O2S2. The summed E-state index contributed by atoms with van der Waals surface area (Å²) in [6.45, 7) is 8.43. The fraction of sp³-hybridized carbons (Fsp3) is 0.429. The zero-order valence-electron chi connectivity index (χ0n) is 16.7. The maximum atomic E-state index is 13.6. The summed E-state index contributed by atoms with van der Waals surface area (Å²) < 4.78 is 7.03. The van der Waals surface area contributed by atoms with Crippen LogP contribution in [0.25, 0.3) is 15.9 Å². The van der Waals surface area contributed by atoms with Gasteiger partial charge in [0.25, 0.3) is 5.56 Å². The molecule has 4 rings (SSSR count). The number of fused-ring (bicyclic) bond motifs is 3. The van der Waals surface area contributed by atoms with Gasteiger partial charge in [0.2, 0.25) is 0 Å². The van der Waals surface area contributed by atoms with Crippen LogP contribution in [0.3, 0.4) is 0 Å². The van der Waals surface area contributed by atoms with Gasteiger partial charge in [-0.25, -0.2) is 4.98 Å². The van der Waals surface area contributed by atoms with E-state index in [4.69, 9.17) is 9.72 Å². The number of nitrogens with zero attached hydrogens (tertiary/aromatic N) is 3. The highest BCUT2D eigenvalue weighted by molar-refractivity contribution is 7.99. The molecule has 5 nitrogen and oxygen atoms in total. The Morgan fingerprint density at radius 2 is 2.04 bits per heavy atom. The van der Waals surface area contributed by atoms with Gasteiger partial charge in [-0.05, 0) is 55.9 Å². The van der Waals surface area contributed by atoms with Crippen LogP contribution in [0.2, 0.25) is 0 Å². The molecule has 0 fully saturated rings. The summed E-state index contributed by atoms with van der Waals surface area (Å²) in [5, 5.41) is 1.56. The van der Waals surface area contributed by atoms with E-state index in [1.54, 1.807) is 34.8 Å². The lowest BCUT2D eigenvalue weighted by Gasteiger charge is -2.30. The average molecular weight is 416 g/mol. The number of hydrogen-bond donors (Lipinski definition) is 0. The first-order chi connectivity index (χ1) is 13.5. The minimum atomic E-state index is 0.0432. The monoisotopic (exact) mass is 415 g/mol. The first kappa shape index (κ1) is 19.5. The number of benzene rings is 1. The molecule has 148 valence electrons. The Labute approximate surface area is 173 Å². The van der Waals surface area contributed by atoms with Gasteiger partial charge in [-0.15, -0.1) is 11.3 Å². The van der Waals surface area contributed by atoms with Gasteiger partial charge < -0.3 is 4.74 Å². The van der Waals surface area contributed by atoms with Crippen molar-refractivity contribution in [2.45, 2.75) is 44.9 Å². The van der Waals surface area contributed by atoms with Crippen LogP contribution in [0.1, 0.15) is 31.2 Å². The minimum absolute atomic E-state index is 0.0432. The largest absolute Gasteiger partial charge is 0.497 e. The molecule has 0 amide bonds. The molecule has 0 unspecified atom stereocenters. The minimum Gasteiger partial charge on any atom is -0.497 e. The van der Waals surface area contributed by atoms with Crippen LogP contribution in [0, 0.1) is 0 Å². The normalized spacial score (nSPS) is 14.6. The molecule has 0 N–H and O–H groups in total. The number of ether oxygens (including phenoxy) is 1. The van der Waals surface area contributed by atoms with Crippen LogP contribution in [0.4, 0.5) is 0 Å². The Morgan fingerprint density at radius 3 is 2.68 bits per heavy atom. The maximum Gasteiger partial charge on any atom is 0.267 e. The number of methoxy groups -OCH3 is 1. The summed E-state index contributed by atoms with van der Waals surface area (Å²) in [7, 11) is 1.64. The number of aromatic nitrogens is 2. The molecule has 3 aromatic rings. The number of hydrogen-bond acceptors (Lipinski definition) is 6.